The molecule has 0 aliphatic carbocycles. The lowest BCUT2D eigenvalue weighted by atomic mass is 10.1. The van der Waals surface area contributed by atoms with Gasteiger partial charge in [0.05, 0.1) is 11.7 Å². The summed E-state index contributed by atoms with van der Waals surface area (Å²) in [5.74, 6) is 0.108. The third-order valence-corrected chi connectivity index (χ3v) is 4.93. The van der Waals surface area contributed by atoms with E-state index < -0.39 is 17.9 Å². The molecule has 0 heterocycles. The maximum Gasteiger partial charge on any atom is 0.279 e. The van der Waals surface area contributed by atoms with Gasteiger partial charge in [-0.1, -0.05) is 22.0 Å². The summed E-state index contributed by atoms with van der Waals surface area (Å²) in [6, 6.07) is 10.7. The van der Waals surface area contributed by atoms with Crippen molar-refractivity contribution in [3.8, 4) is 11.5 Å². The maximum atomic E-state index is 12.6. The van der Waals surface area contributed by atoms with Crippen LogP contribution in [0.1, 0.15) is 42.3 Å². The van der Waals surface area contributed by atoms with Crippen LogP contribution in [0, 0.1) is 13.8 Å². The zero-order valence-electron chi connectivity index (χ0n) is 18.0. The molecular formula is C22H26BrN3O4S. The zero-order valence-corrected chi connectivity index (χ0v) is 20.4. The third-order valence-electron chi connectivity index (χ3n) is 4.24. The van der Waals surface area contributed by atoms with Crippen LogP contribution in [0.2, 0.25) is 0 Å². The molecule has 2 aromatic rings. The van der Waals surface area contributed by atoms with E-state index in [4.69, 9.17) is 21.7 Å². The van der Waals surface area contributed by atoms with Gasteiger partial charge in [-0.05, 0) is 88.3 Å². The first-order valence-electron chi connectivity index (χ1n) is 9.68. The maximum absolute atomic E-state index is 12.6. The molecule has 7 nitrogen and oxygen atoms in total. The third kappa shape index (κ3) is 7.52. The minimum atomic E-state index is -0.774. The number of hydrogen-bond acceptors (Lipinski definition) is 5. The first-order chi connectivity index (χ1) is 14.6. The van der Waals surface area contributed by atoms with Gasteiger partial charge >= 0.3 is 0 Å². The van der Waals surface area contributed by atoms with Gasteiger partial charge in [-0.3, -0.25) is 25.8 Å². The summed E-state index contributed by atoms with van der Waals surface area (Å²) in [5, 5.41) is 2.46. The van der Waals surface area contributed by atoms with E-state index in [0.717, 1.165) is 15.6 Å². The molecule has 0 aromatic heterocycles. The van der Waals surface area contributed by atoms with Crippen LogP contribution in [-0.4, -0.2) is 29.1 Å². The van der Waals surface area contributed by atoms with Gasteiger partial charge in [-0.15, -0.1) is 0 Å². The first kappa shape index (κ1) is 24.6. The lowest BCUT2D eigenvalue weighted by Gasteiger charge is -2.17. The van der Waals surface area contributed by atoms with E-state index in [1.807, 2.05) is 39.8 Å². The highest BCUT2D eigenvalue weighted by Gasteiger charge is 2.18. The number of hydrazine groups is 1. The second-order valence-corrected chi connectivity index (χ2v) is 8.53. The van der Waals surface area contributed by atoms with Gasteiger partial charge in [0.15, 0.2) is 11.2 Å². The molecule has 166 valence electrons. The van der Waals surface area contributed by atoms with Crippen molar-refractivity contribution in [3.05, 3.63) is 57.6 Å². The molecule has 0 saturated heterocycles. The standard InChI is InChI=1S/C22H26BrN3O4S/c1-12(2)29-19-9-7-16(23)11-18(19)21(28)24-22(31)26-25-20(27)15(5)30-17-8-6-13(3)14(4)10-17/h6-12,15H,1-5H3,(H,25,27)(H2,24,26,28,31). The van der Waals surface area contributed by atoms with Crippen LogP contribution in [0.25, 0.3) is 0 Å². The Morgan fingerprint density at radius 2 is 1.68 bits per heavy atom. The predicted molar refractivity (Wildman–Crippen MR) is 127 cm³/mol. The molecule has 0 spiro atoms. The molecule has 0 bridgehead atoms. The molecule has 2 rings (SSSR count). The largest absolute Gasteiger partial charge is 0.490 e. The topological polar surface area (TPSA) is 88.7 Å². The van der Waals surface area contributed by atoms with Gasteiger partial charge in [0.2, 0.25) is 0 Å². The van der Waals surface area contributed by atoms with Crippen LogP contribution in [0.3, 0.4) is 0 Å². The Morgan fingerprint density at radius 1 is 0.968 bits per heavy atom. The lowest BCUT2D eigenvalue weighted by Crippen LogP contribution is -2.51. The van der Waals surface area contributed by atoms with E-state index in [1.165, 1.54) is 0 Å². The van der Waals surface area contributed by atoms with Crippen molar-refractivity contribution in [1.29, 1.82) is 0 Å². The fourth-order valence-corrected chi connectivity index (χ4v) is 3.01. The van der Waals surface area contributed by atoms with Crippen LogP contribution >= 0.6 is 28.1 Å². The van der Waals surface area contributed by atoms with E-state index in [-0.39, 0.29) is 11.2 Å². The smallest absolute Gasteiger partial charge is 0.279 e. The van der Waals surface area contributed by atoms with Crippen molar-refractivity contribution < 1.29 is 19.1 Å². The van der Waals surface area contributed by atoms with Crippen molar-refractivity contribution >= 4 is 45.1 Å². The van der Waals surface area contributed by atoms with Gasteiger partial charge in [-0.25, -0.2) is 0 Å². The second kappa shape index (κ2) is 11.1. The van der Waals surface area contributed by atoms with E-state index >= 15 is 0 Å². The van der Waals surface area contributed by atoms with Crippen LogP contribution in [0.5, 0.6) is 11.5 Å². The highest BCUT2D eigenvalue weighted by Crippen LogP contribution is 2.24. The summed E-state index contributed by atoms with van der Waals surface area (Å²) in [6.45, 7) is 9.32. The number of ether oxygens (including phenoxy) is 2. The molecule has 2 aromatic carbocycles. The molecule has 0 aliphatic rings. The minimum Gasteiger partial charge on any atom is -0.490 e. The van der Waals surface area contributed by atoms with Gasteiger partial charge < -0.3 is 9.47 Å². The van der Waals surface area contributed by atoms with E-state index in [0.29, 0.717) is 17.1 Å². The summed E-state index contributed by atoms with van der Waals surface area (Å²) in [5.41, 5.74) is 7.46. The van der Waals surface area contributed by atoms with Crippen molar-refractivity contribution in [2.45, 2.75) is 46.8 Å². The Labute approximate surface area is 196 Å². The van der Waals surface area contributed by atoms with Crippen LogP contribution in [-0.2, 0) is 4.79 Å². The Kier molecular flexibility index (Phi) is 8.82. The predicted octanol–water partition coefficient (Wildman–Crippen LogP) is 3.96. The normalized spacial score (nSPS) is 11.5. The molecule has 31 heavy (non-hydrogen) atoms. The van der Waals surface area contributed by atoms with Gasteiger partial charge in [0.1, 0.15) is 11.5 Å². The van der Waals surface area contributed by atoms with Crippen LogP contribution in [0.4, 0.5) is 0 Å². The number of amides is 2. The average Bonchev–Trinajstić information content (AvgIpc) is 2.69. The molecule has 0 saturated carbocycles. The zero-order chi connectivity index (χ0) is 23.1. The summed E-state index contributed by atoms with van der Waals surface area (Å²) in [7, 11) is 0. The summed E-state index contributed by atoms with van der Waals surface area (Å²) in [6.07, 6.45) is -0.875. The van der Waals surface area contributed by atoms with Crippen molar-refractivity contribution in [2.75, 3.05) is 0 Å². The second-order valence-electron chi connectivity index (χ2n) is 7.21. The quantitative estimate of drug-likeness (QED) is 0.405. The molecule has 0 fully saturated rings. The number of rotatable bonds is 6. The number of nitrogens with one attached hydrogen (secondary N) is 3. The lowest BCUT2D eigenvalue weighted by molar-refractivity contribution is -0.127. The molecule has 1 atom stereocenters. The Hall–Kier alpha value is -2.65. The fraction of sp³-hybridized carbons (Fsp3) is 0.318. The number of carbonyl (C=O) groups is 2. The number of thiocarbonyl (C=S) groups is 1. The highest BCUT2D eigenvalue weighted by molar-refractivity contribution is 9.10. The van der Waals surface area contributed by atoms with Crippen LogP contribution < -0.4 is 25.6 Å². The molecule has 1 unspecified atom stereocenters. The fourth-order valence-electron chi connectivity index (χ4n) is 2.50. The Morgan fingerprint density at radius 3 is 2.32 bits per heavy atom. The first-order valence-corrected chi connectivity index (χ1v) is 10.9. The average molecular weight is 508 g/mol. The Balaban J connectivity index is 1.91. The number of aryl methyl sites for hydroxylation is 2. The highest BCUT2D eigenvalue weighted by atomic mass is 79.9. The van der Waals surface area contributed by atoms with E-state index in [1.54, 1.807) is 31.2 Å². The number of carbonyl (C=O) groups excluding carboxylic acids is 2. The van der Waals surface area contributed by atoms with Gasteiger partial charge in [-0.2, -0.15) is 0 Å². The summed E-state index contributed by atoms with van der Waals surface area (Å²) >= 11 is 8.45. The van der Waals surface area contributed by atoms with E-state index in [2.05, 4.69) is 32.1 Å². The Bertz CT molecular complexity index is 981. The molecule has 9 heteroatoms. The molecule has 3 N–H and O–H groups in total. The monoisotopic (exact) mass is 507 g/mol. The molecule has 0 aliphatic heterocycles. The SMILES string of the molecule is Cc1ccc(OC(C)C(=O)NNC(=S)NC(=O)c2cc(Br)ccc2OC(C)C)cc1C. The van der Waals surface area contributed by atoms with Crippen molar-refractivity contribution in [2.24, 2.45) is 0 Å². The molecule has 0 radical (unpaired) electrons. The molecule has 2 amide bonds. The number of hydrogen-bond donors (Lipinski definition) is 3. The van der Waals surface area contributed by atoms with Gasteiger partial charge in [0, 0.05) is 4.47 Å². The minimum absolute atomic E-state index is 0.0628. The van der Waals surface area contributed by atoms with E-state index in [9.17, 15) is 9.59 Å². The molecular weight excluding hydrogens is 482 g/mol. The summed E-state index contributed by atoms with van der Waals surface area (Å²) in [4.78, 5) is 24.9. The van der Waals surface area contributed by atoms with Crippen molar-refractivity contribution in [3.63, 3.8) is 0 Å². The van der Waals surface area contributed by atoms with Crippen LogP contribution in [0.15, 0.2) is 40.9 Å². The summed E-state index contributed by atoms with van der Waals surface area (Å²) < 4.78 is 12.1. The number of benzene rings is 2. The number of halogens is 1. The van der Waals surface area contributed by atoms with Crippen molar-refractivity contribution in [1.82, 2.24) is 16.2 Å². The van der Waals surface area contributed by atoms with Gasteiger partial charge in [0.25, 0.3) is 11.8 Å².